The molecule has 17 heavy (non-hydrogen) atoms. The molecule has 1 aromatic rings. The minimum absolute atomic E-state index is 0.159. The Morgan fingerprint density at radius 1 is 1.59 bits per heavy atom. The van der Waals surface area contributed by atoms with Crippen molar-refractivity contribution in [2.75, 3.05) is 6.54 Å². The highest BCUT2D eigenvalue weighted by molar-refractivity contribution is 9.11. The third-order valence-corrected chi connectivity index (χ3v) is 6.67. The van der Waals surface area contributed by atoms with Crippen LogP contribution in [-0.4, -0.2) is 15.0 Å². The number of rotatable bonds is 5. The van der Waals surface area contributed by atoms with Crippen LogP contribution in [-0.2, 0) is 16.6 Å². The van der Waals surface area contributed by atoms with Gasteiger partial charge in [-0.1, -0.05) is 6.92 Å². The minimum Gasteiger partial charge on any atom is -0.326 e. The van der Waals surface area contributed by atoms with Crippen LogP contribution in [0.3, 0.4) is 0 Å². The van der Waals surface area contributed by atoms with Gasteiger partial charge in [-0.25, -0.2) is 13.1 Å². The van der Waals surface area contributed by atoms with Crippen LogP contribution in [0.2, 0.25) is 0 Å². The van der Waals surface area contributed by atoms with Crippen molar-refractivity contribution >= 4 is 37.3 Å². The monoisotopic (exact) mass is 338 g/mol. The summed E-state index contributed by atoms with van der Waals surface area (Å²) in [5, 5.41) is 0. The standard InChI is InChI=1S/C10H15BrN2O2S2/c1-10(2-3-10)6-13-17(14,15)8-4-7(5-12)16-9(8)11/h4,13H,2-3,5-6,12H2,1H3. The van der Waals surface area contributed by atoms with Crippen molar-refractivity contribution in [1.29, 1.82) is 0 Å². The Kier molecular flexibility index (Phi) is 3.66. The number of hydrogen-bond acceptors (Lipinski definition) is 4. The average Bonchev–Trinajstić information content (AvgIpc) is 2.87. The van der Waals surface area contributed by atoms with Gasteiger partial charge in [0.15, 0.2) is 0 Å². The van der Waals surface area contributed by atoms with Crippen LogP contribution >= 0.6 is 27.3 Å². The number of halogens is 1. The van der Waals surface area contributed by atoms with E-state index in [0.717, 1.165) is 17.7 Å². The van der Waals surface area contributed by atoms with Crippen molar-refractivity contribution in [3.8, 4) is 0 Å². The number of nitrogens with two attached hydrogens (primary N) is 1. The fourth-order valence-electron chi connectivity index (χ4n) is 1.42. The van der Waals surface area contributed by atoms with Crippen LogP contribution in [0.15, 0.2) is 14.7 Å². The van der Waals surface area contributed by atoms with Gasteiger partial charge in [-0.05, 0) is 40.3 Å². The maximum absolute atomic E-state index is 12.1. The zero-order chi connectivity index (χ0) is 12.7. The lowest BCUT2D eigenvalue weighted by molar-refractivity contribution is 0.530. The first-order chi connectivity index (χ1) is 7.86. The Bertz CT molecular complexity index is 520. The molecule has 0 amide bonds. The minimum atomic E-state index is -3.42. The van der Waals surface area contributed by atoms with Gasteiger partial charge < -0.3 is 5.73 Å². The summed E-state index contributed by atoms with van der Waals surface area (Å²) in [6.45, 7) is 2.95. The predicted octanol–water partition coefficient (Wildman–Crippen LogP) is 2.05. The molecule has 2 rings (SSSR count). The molecule has 0 radical (unpaired) electrons. The normalized spacial score (nSPS) is 18.3. The molecule has 0 spiro atoms. The van der Waals surface area contributed by atoms with Gasteiger partial charge in [0.05, 0.1) is 3.79 Å². The van der Waals surface area contributed by atoms with Gasteiger partial charge in [0.25, 0.3) is 0 Å². The first kappa shape index (κ1) is 13.5. The van der Waals surface area contributed by atoms with E-state index in [0.29, 0.717) is 21.8 Å². The van der Waals surface area contributed by atoms with Crippen LogP contribution in [0.1, 0.15) is 24.6 Å². The fourth-order valence-corrected chi connectivity index (χ4v) is 5.18. The second kappa shape index (κ2) is 4.62. The summed E-state index contributed by atoms with van der Waals surface area (Å²) < 4.78 is 27.4. The summed E-state index contributed by atoms with van der Waals surface area (Å²) in [6, 6.07) is 1.63. The van der Waals surface area contributed by atoms with E-state index in [1.165, 1.54) is 11.3 Å². The van der Waals surface area contributed by atoms with E-state index in [4.69, 9.17) is 5.73 Å². The van der Waals surface area contributed by atoms with Crippen LogP contribution in [0, 0.1) is 5.41 Å². The number of nitrogens with one attached hydrogen (secondary N) is 1. The van der Waals surface area contributed by atoms with Crippen molar-refractivity contribution in [2.24, 2.45) is 11.1 Å². The topological polar surface area (TPSA) is 72.2 Å². The molecule has 1 saturated carbocycles. The molecule has 4 nitrogen and oxygen atoms in total. The lowest BCUT2D eigenvalue weighted by Crippen LogP contribution is -2.29. The van der Waals surface area contributed by atoms with E-state index in [-0.39, 0.29) is 5.41 Å². The summed E-state index contributed by atoms with van der Waals surface area (Å²) in [7, 11) is -3.42. The molecule has 96 valence electrons. The highest BCUT2D eigenvalue weighted by atomic mass is 79.9. The molecule has 3 N–H and O–H groups in total. The second-order valence-corrected chi connectivity index (χ2v) is 8.88. The zero-order valence-corrected chi connectivity index (χ0v) is 12.7. The summed E-state index contributed by atoms with van der Waals surface area (Å²) in [5.74, 6) is 0. The third kappa shape index (κ3) is 3.08. The molecule has 1 fully saturated rings. The maximum atomic E-state index is 12.1. The third-order valence-electron chi connectivity index (χ3n) is 2.99. The summed E-state index contributed by atoms with van der Waals surface area (Å²) in [5.41, 5.74) is 5.66. The van der Waals surface area contributed by atoms with Crippen LogP contribution in [0.4, 0.5) is 0 Å². The molecule has 1 aromatic heterocycles. The van der Waals surface area contributed by atoms with E-state index < -0.39 is 10.0 Å². The second-order valence-electron chi connectivity index (χ2n) is 4.69. The molecular formula is C10H15BrN2O2S2. The number of sulfonamides is 1. The summed E-state index contributed by atoms with van der Waals surface area (Å²) in [4.78, 5) is 1.15. The quantitative estimate of drug-likeness (QED) is 0.862. The molecular weight excluding hydrogens is 324 g/mol. The summed E-state index contributed by atoms with van der Waals surface area (Å²) in [6.07, 6.45) is 2.18. The molecule has 0 aromatic carbocycles. The molecule has 0 aliphatic heterocycles. The highest BCUT2D eigenvalue weighted by Crippen LogP contribution is 2.44. The molecule has 1 heterocycles. The van der Waals surface area contributed by atoms with E-state index in [9.17, 15) is 8.42 Å². The first-order valence-corrected chi connectivity index (χ1v) is 8.43. The van der Waals surface area contributed by atoms with Gasteiger partial charge in [-0.2, -0.15) is 0 Å². The Hall–Kier alpha value is 0.0500. The van der Waals surface area contributed by atoms with Gasteiger partial charge in [0, 0.05) is 18.0 Å². The van der Waals surface area contributed by atoms with E-state index in [1.807, 2.05) is 0 Å². The highest BCUT2D eigenvalue weighted by Gasteiger charge is 2.38. The SMILES string of the molecule is CC1(CNS(=O)(=O)c2cc(CN)sc2Br)CC1. The number of thiophene rings is 1. The first-order valence-electron chi connectivity index (χ1n) is 5.34. The van der Waals surface area contributed by atoms with Gasteiger partial charge >= 0.3 is 0 Å². The fraction of sp³-hybridized carbons (Fsp3) is 0.600. The molecule has 1 aliphatic carbocycles. The van der Waals surface area contributed by atoms with Crippen LogP contribution in [0.5, 0.6) is 0 Å². The van der Waals surface area contributed by atoms with Crippen molar-refractivity contribution in [2.45, 2.75) is 31.2 Å². The largest absolute Gasteiger partial charge is 0.326 e. The molecule has 0 saturated heterocycles. The lowest BCUT2D eigenvalue weighted by Gasteiger charge is -2.10. The van der Waals surface area contributed by atoms with Crippen molar-refractivity contribution < 1.29 is 8.42 Å². The van der Waals surface area contributed by atoms with Crippen LogP contribution < -0.4 is 10.5 Å². The summed E-state index contributed by atoms with van der Waals surface area (Å²) >= 11 is 4.64. The van der Waals surface area contributed by atoms with E-state index >= 15 is 0 Å². The molecule has 7 heteroatoms. The predicted molar refractivity (Wildman–Crippen MR) is 72.4 cm³/mol. The average molecular weight is 339 g/mol. The lowest BCUT2D eigenvalue weighted by atomic mass is 10.2. The van der Waals surface area contributed by atoms with Crippen molar-refractivity contribution in [3.63, 3.8) is 0 Å². The van der Waals surface area contributed by atoms with Gasteiger partial charge in [0.1, 0.15) is 4.90 Å². The Morgan fingerprint density at radius 2 is 2.24 bits per heavy atom. The number of hydrogen-bond donors (Lipinski definition) is 2. The Labute approximate surface area is 114 Å². The molecule has 1 aliphatic rings. The maximum Gasteiger partial charge on any atom is 0.242 e. The van der Waals surface area contributed by atoms with Gasteiger partial charge in [-0.15, -0.1) is 11.3 Å². The zero-order valence-electron chi connectivity index (χ0n) is 9.49. The van der Waals surface area contributed by atoms with Gasteiger partial charge in [0.2, 0.25) is 10.0 Å². The smallest absolute Gasteiger partial charge is 0.242 e. The van der Waals surface area contributed by atoms with Gasteiger partial charge in [-0.3, -0.25) is 0 Å². The Morgan fingerprint density at radius 3 is 2.71 bits per heavy atom. The van der Waals surface area contributed by atoms with Crippen molar-refractivity contribution in [1.82, 2.24) is 4.72 Å². The molecule has 0 atom stereocenters. The molecule has 0 unspecified atom stereocenters. The van der Waals surface area contributed by atoms with Crippen molar-refractivity contribution in [3.05, 3.63) is 14.7 Å². The van der Waals surface area contributed by atoms with Crippen LogP contribution in [0.25, 0.3) is 0 Å². The molecule has 0 bridgehead atoms. The van der Waals surface area contributed by atoms with E-state index in [1.54, 1.807) is 6.07 Å². The van der Waals surface area contributed by atoms with E-state index in [2.05, 4.69) is 27.6 Å². The Balaban J connectivity index is 2.15.